The van der Waals surface area contributed by atoms with E-state index in [-0.39, 0.29) is 24.0 Å². The van der Waals surface area contributed by atoms with E-state index in [1.165, 1.54) is 17.7 Å². The number of guanidine groups is 1. The number of hydrogen-bond acceptors (Lipinski definition) is 5. The molecule has 6 nitrogen and oxygen atoms in total. The zero-order valence-electron chi connectivity index (χ0n) is 17.7. The third-order valence-electron chi connectivity index (χ3n) is 5.23. The summed E-state index contributed by atoms with van der Waals surface area (Å²) in [4.78, 5) is 13.2. The Bertz CT molecular complexity index is 719. The molecule has 3 heterocycles. The lowest BCUT2D eigenvalue weighted by molar-refractivity contribution is 0.166. The van der Waals surface area contributed by atoms with E-state index in [0.717, 1.165) is 69.0 Å². The molecule has 29 heavy (non-hydrogen) atoms. The lowest BCUT2D eigenvalue weighted by Crippen LogP contribution is -2.39. The zero-order valence-corrected chi connectivity index (χ0v) is 20.9. The van der Waals surface area contributed by atoms with E-state index >= 15 is 0 Å². The number of nitrogens with zero attached hydrogens (tertiary/aromatic N) is 3. The highest BCUT2D eigenvalue weighted by molar-refractivity contribution is 14.0. The monoisotopic (exact) mass is 531 g/mol. The third kappa shape index (κ3) is 7.90. The summed E-state index contributed by atoms with van der Waals surface area (Å²) in [6, 6.07) is 4.29. The molecule has 0 spiro atoms. The van der Waals surface area contributed by atoms with Crippen LogP contribution in [0.2, 0.25) is 0 Å². The lowest BCUT2D eigenvalue weighted by Gasteiger charge is -2.30. The first kappa shape index (κ1) is 24.1. The van der Waals surface area contributed by atoms with Gasteiger partial charge in [0.2, 0.25) is 5.89 Å². The SMILES string of the molecule is CCNC(=NCC1CCN(Cc2nc(C)c(C)o2)CC1)NCCc1cccs1.I. The van der Waals surface area contributed by atoms with Gasteiger partial charge in [-0.3, -0.25) is 9.89 Å². The maximum Gasteiger partial charge on any atom is 0.208 e. The van der Waals surface area contributed by atoms with Gasteiger partial charge in [-0.1, -0.05) is 6.07 Å². The minimum absolute atomic E-state index is 0. The summed E-state index contributed by atoms with van der Waals surface area (Å²) in [5.74, 6) is 3.36. The second kappa shape index (κ2) is 12.5. The summed E-state index contributed by atoms with van der Waals surface area (Å²) in [5, 5.41) is 8.95. The Morgan fingerprint density at radius 3 is 2.72 bits per heavy atom. The van der Waals surface area contributed by atoms with E-state index in [1.807, 2.05) is 25.2 Å². The first-order chi connectivity index (χ1) is 13.6. The van der Waals surface area contributed by atoms with Crippen LogP contribution in [0, 0.1) is 19.8 Å². The zero-order chi connectivity index (χ0) is 19.8. The predicted molar refractivity (Wildman–Crippen MR) is 131 cm³/mol. The fraction of sp³-hybridized carbons (Fsp3) is 0.619. The molecule has 1 aliphatic heterocycles. The molecule has 0 aromatic carbocycles. The molecule has 162 valence electrons. The number of aliphatic imine (C=N–C) groups is 1. The molecule has 0 saturated carbocycles. The highest BCUT2D eigenvalue weighted by Crippen LogP contribution is 2.20. The van der Waals surface area contributed by atoms with Crippen LogP contribution in [0.4, 0.5) is 0 Å². The van der Waals surface area contributed by atoms with Crippen molar-refractivity contribution in [1.29, 1.82) is 0 Å². The van der Waals surface area contributed by atoms with Crippen LogP contribution in [-0.2, 0) is 13.0 Å². The van der Waals surface area contributed by atoms with Crippen LogP contribution in [0.25, 0.3) is 0 Å². The average Bonchev–Trinajstić information content (AvgIpc) is 3.31. The first-order valence-corrected chi connectivity index (χ1v) is 11.2. The fourth-order valence-electron chi connectivity index (χ4n) is 3.45. The number of rotatable bonds is 8. The van der Waals surface area contributed by atoms with Crippen LogP contribution in [0.15, 0.2) is 26.9 Å². The topological polar surface area (TPSA) is 65.7 Å². The Kier molecular flexibility index (Phi) is 10.4. The molecule has 0 atom stereocenters. The van der Waals surface area contributed by atoms with Gasteiger partial charge in [0.05, 0.1) is 12.2 Å². The molecule has 0 bridgehead atoms. The maximum absolute atomic E-state index is 5.72. The highest BCUT2D eigenvalue weighted by atomic mass is 127. The summed E-state index contributed by atoms with van der Waals surface area (Å²) < 4.78 is 5.72. The van der Waals surface area contributed by atoms with Gasteiger partial charge < -0.3 is 15.1 Å². The van der Waals surface area contributed by atoms with Crippen molar-refractivity contribution in [2.45, 2.75) is 46.6 Å². The summed E-state index contributed by atoms with van der Waals surface area (Å²) in [6.07, 6.45) is 3.40. The molecular weight excluding hydrogens is 497 g/mol. The summed E-state index contributed by atoms with van der Waals surface area (Å²) >= 11 is 1.81. The molecule has 0 radical (unpaired) electrons. The smallest absolute Gasteiger partial charge is 0.208 e. The van der Waals surface area contributed by atoms with Crippen molar-refractivity contribution in [3.63, 3.8) is 0 Å². The van der Waals surface area contributed by atoms with Gasteiger partial charge in [-0.05, 0) is 70.5 Å². The van der Waals surface area contributed by atoms with Crippen LogP contribution in [0.3, 0.4) is 0 Å². The van der Waals surface area contributed by atoms with E-state index in [4.69, 9.17) is 9.41 Å². The Morgan fingerprint density at radius 1 is 1.31 bits per heavy atom. The quantitative estimate of drug-likeness (QED) is 0.307. The molecule has 2 aromatic rings. The summed E-state index contributed by atoms with van der Waals surface area (Å²) in [6.45, 7) is 11.8. The molecule has 0 aliphatic carbocycles. The number of likely N-dealkylation sites (tertiary alicyclic amines) is 1. The van der Waals surface area contributed by atoms with Gasteiger partial charge in [-0.2, -0.15) is 0 Å². The predicted octanol–water partition coefficient (Wildman–Crippen LogP) is 3.98. The molecular formula is C21H34IN5OS. The fourth-order valence-corrected chi connectivity index (χ4v) is 4.16. The van der Waals surface area contributed by atoms with Crippen molar-refractivity contribution in [3.8, 4) is 0 Å². The minimum Gasteiger partial charge on any atom is -0.444 e. The van der Waals surface area contributed by atoms with Crippen LogP contribution in [0.1, 0.15) is 42.0 Å². The van der Waals surface area contributed by atoms with E-state index in [9.17, 15) is 0 Å². The van der Waals surface area contributed by atoms with Crippen molar-refractivity contribution in [3.05, 3.63) is 39.7 Å². The van der Waals surface area contributed by atoms with Gasteiger partial charge in [-0.15, -0.1) is 35.3 Å². The standard InChI is InChI=1S/C21H33N5OS.HI/c1-4-22-21(23-10-7-19-6-5-13-28-19)24-14-18-8-11-26(12-9-18)15-20-25-16(2)17(3)27-20;/h5-6,13,18H,4,7-12,14-15H2,1-3H3,(H2,22,23,24);1H. The molecule has 1 saturated heterocycles. The van der Waals surface area contributed by atoms with Gasteiger partial charge >= 0.3 is 0 Å². The Balaban J connectivity index is 0.00000300. The number of thiophene rings is 1. The molecule has 3 rings (SSSR count). The number of oxazole rings is 1. The van der Waals surface area contributed by atoms with Crippen LogP contribution in [0.5, 0.6) is 0 Å². The largest absolute Gasteiger partial charge is 0.444 e. The van der Waals surface area contributed by atoms with Crippen molar-refractivity contribution < 1.29 is 4.42 Å². The molecule has 1 aliphatic rings. The van der Waals surface area contributed by atoms with Crippen LogP contribution in [-0.4, -0.2) is 48.6 Å². The second-order valence-electron chi connectivity index (χ2n) is 7.44. The van der Waals surface area contributed by atoms with E-state index in [1.54, 1.807) is 0 Å². The summed E-state index contributed by atoms with van der Waals surface area (Å²) in [7, 11) is 0. The second-order valence-corrected chi connectivity index (χ2v) is 8.48. The first-order valence-electron chi connectivity index (χ1n) is 10.3. The van der Waals surface area contributed by atoms with Crippen molar-refractivity contribution in [1.82, 2.24) is 20.5 Å². The van der Waals surface area contributed by atoms with Gasteiger partial charge in [0.1, 0.15) is 5.76 Å². The number of aryl methyl sites for hydroxylation is 2. The average molecular weight is 532 g/mol. The molecule has 1 fully saturated rings. The highest BCUT2D eigenvalue weighted by Gasteiger charge is 2.20. The van der Waals surface area contributed by atoms with Gasteiger partial charge in [0, 0.05) is 24.5 Å². The number of nitrogens with one attached hydrogen (secondary N) is 2. The van der Waals surface area contributed by atoms with Gasteiger partial charge in [0.25, 0.3) is 0 Å². The van der Waals surface area contributed by atoms with Crippen molar-refractivity contribution >= 4 is 41.3 Å². The van der Waals surface area contributed by atoms with Crippen LogP contribution < -0.4 is 10.6 Å². The van der Waals surface area contributed by atoms with Gasteiger partial charge in [-0.25, -0.2) is 4.98 Å². The number of hydrogen-bond donors (Lipinski definition) is 2. The molecule has 0 unspecified atom stereocenters. The Morgan fingerprint density at radius 2 is 2.10 bits per heavy atom. The van der Waals surface area contributed by atoms with Crippen molar-refractivity contribution in [2.75, 3.05) is 32.7 Å². The number of piperidine rings is 1. The lowest BCUT2D eigenvalue weighted by atomic mass is 9.97. The van der Waals surface area contributed by atoms with Crippen LogP contribution >= 0.6 is 35.3 Å². The maximum atomic E-state index is 5.72. The molecule has 2 aromatic heterocycles. The Labute approximate surface area is 195 Å². The normalized spacial score (nSPS) is 15.9. The van der Waals surface area contributed by atoms with E-state index < -0.39 is 0 Å². The molecule has 8 heteroatoms. The summed E-state index contributed by atoms with van der Waals surface area (Å²) in [5.41, 5.74) is 1.00. The number of aromatic nitrogens is 1. The number of halogens is 1. The van der Waals surface area contributed by atoms with E-state index in [0.29, 0.717) is 5.92 Å². The van der Waals surface area contributed by atoms with Gasteiger partial charge in [0.15, 0.2) is 5.96 Å². The molecule has 2 N–H and O–H groups in total. The van der Waals surface area contributed by atoms with Crippen molar-refractivity contribution in [2.24, 2.45) is 10.9 Å². The van der Waals surface area contributed by atoms with E-state index in [2.05, 4.69) is 45.0 Å². The minimum atomic E-state index is 0. The third-order valence-corrected chi connectivity index (χ3v) is 6.17. The Hall–Kier alpha value is -1.13. The molecule has 0 amide bonds.